The predicted molar refractivity (Wildman–Crippen MR) is 79.8 cm³/mol. The highest BCUT2D eigenvalue weighted by molar-refractivity contribution is 5.08. The minimum absolute atomic E-state index is 0.264. The maximum atomic E-state index is 5.55. The van der Waals surface area contributed by atoms with Gasteiger partial charge in [-0.15, -0.1) is 0 Å². The molecule has 2 atom stereocenters. The molecule has 3 heterocycles. The number of aromatic amines is 1. The Morgan fingerprint density at radius 3 is 2.95 bits per heavy atom. The summed E-state index contributed by atoms with van der Waals surface area (Å²) in [5.74, 6) is 1.02. The van der Waals surface area contributed by atoms with Crippen LogP contribution in [-0.2, 0) is 11.3 Å². The van der Waals surface area contributed by atoms with Crippen LogP contribution in [0.2, 0.25) is 0 Å². The Morgan fingerprint density at radius 1 is 1.48 bits per heavy atom. The van der Waals surface area contributed by atoms with Crippen LogP contribution in [0.3, 0.4) is 0 Å². The summed E-state index contributed by atoms with van der Waals surface area (Å²) in [6.45, 7) is 6.07. The highest BCUT2D eigenvalue weighted by atomic mass is 16.5. The Kier molecular flexibility index (Phi) is 4.07. The van der Waals surface area contributed by atoms with Gasteiger partial charge in [-0.05, 0) is 20.3 Å². The average molecular weight is 289 g/mol. The van der Waals surface area contributed by atoms with E-state index < -0.39 is 0 Å². The smallest absolute Gasteiger partial charge is 0.123 e. The van der Waals surface area contributed by atoms with Crippen LogP contribution in [0.4, 0.5) is 0 Å². The van der Waals surface area contributed by atoms with E-state index in [0.29, 0.717) is 6.04 Å². The number of rotatable bonds is 5. The van der Waals surface area contributed by atoms with E-state index in [1.165, 1.54) is 5.56 Å². The molecule has 1 aliphatic rings. The lowest BCUT2D eigenvalue weighted by Crippen LogP contribution is -2.25. The van der Waals surface area contributed by atoms with Crippen molar-refractivity contribution in [2.45, 2.75) is 45.0 Å². The van der Waals surface area contributed by atoms with Crippen molar-refractivity contribution in [3.63, 3.8) is 0 Å². The van der Waals surface area contributed by atoms with Crippen LogP contribution in [0, 0.1) is 0 Å². The van der Waals surface area contributed by atoms with Gasteiger partial charge in [-0.3, -0.25) is 9.58 Å². The Labute approximate surface area is 125 Å². The van der Waals surface area contributed by atoms with E-state index in [9.17, 15) is 0 Å². The van der Waals surface area contributed by atoms with Crippen molar-refractivity contribution in [2.24, 2.45) is 0 Å². The van der Waals surface area contributed by atoms with Crippen molar-refractivity contribution in [3.8, 4) is 0 Å². The molecular weight excluding hydrogens is 266 g/mol. The molecule has 0 aromatic carbocycles. The van der Waals surface area contributed by atoms with Crippen LogP contribution in [-0.4, -0.2) is 44.4 Å². The highest BCUT2D eigenvalue weighted by Crippen LogP contribution is 2.32. The number of nitrogens with zero attached hydrogens (tertiary/aromatic N) is 4. The average Bonchev–Trinajstić information content (AvgIpc) is 3.18. The van der Waals surface area contributed by atoms with Gasteiger partial charge in [0, 0.05) is 50.4 Å². The zero-order valence-corrected chi connectivity index (χ0v) is 12.9. The summed E-state index contributed by atoms with van der Waals surface area (Å²) in [4.78, 5) is 10.1. The molecule has 1 aliphatic heterocycles. The third-order valence-corrected chi connectivity index (χ3v) is 4.10. The zero-order chi connectivity index (χ0) is 14.8. The molecule has 114 valence electrons. The fourth-order valence-corrected chi connectivity index (χ4v) is 2.93. The second-order valence-electron chi connectivity index (χ2n) is 5.94. The number of H-pyrrole nitrogens is 1. The van der Waals surface area contributed by atoms with Gasteiger partial charge in [-0.2, -0.15) is 5.10 Å². The number of likely N-dealkylation sites (tertiary alicyclic amines) is 1. The first-order valence-electron chi connectivity index (χ1n) is 7.46. The van der Waals surface area contributed by atoms with Gasteiger partial charge >= 0.3 is 0 Å². The quantitative estimate of drug-likeness (QED) is 0.916. The number of imidazole rings is 1. The summed E-state index contributed by atoms with van der Waals surface area (Å²) in [6, 6.07) is 0.678. The van der Waals surface area contributed by atoms with Gasteiger partial charge in [0.05, 0.1) is 18.3 Å². The number of ether oxygens (including phenoxy) is 1. The standard InChI is InChI=1S/C15H23N5O/c1-11(2)20-9-12(7-18-20)8-19-10-13(21-3)6-14(19)15-16-4-5-17-15/h4-5,7,9,11,13-14H,6,8,10H2,1-3H3,(H,16,17)/t13-,14?/m1/s1. The van der Waals surface area contributed by atoms with Gasteiger partial charge < -0.3 is 9.72 Å². The van der Waals surface area contributed by atoms with Crippen LogP contribution in [0.1, 0.15) is 43.7 Å². The molecular formula is C15H23N5O. The molecule has 0 spiro atoms. The second kappa shape index (κ2) is 5.99. The number of hydrogen-bond acceptors (Lipinski definition) is 4. The number of aromatic nitrogens is 4. The van der Waals surface area contributed by atoms with Crippen molar-refractivity contribution in [1.82, 2.24) is 24.6 Å². The molecule has 2 aromatic heterocycles. The normalized spacial score (nSPS) is 23.2. The maximum Gasteiger partial charge on any atom is 0.123 e. The summed E-state index contributed by atoms with van der Waals surface area (Å²) in [7, 11) is 1.78. The Bertz CT molecular complexity index is 562. The lowest BCUT2D eigenvalue weighted by atomic mass is 10.2. The van der Waals surface area contributed by atoms with Crippen LogP contribution >= 0.6 is 0 Å². The van der Waals surface area contributed by atoms with Gasteiger partial charge in [0.2, 0.25) is 0 Å². The minimum Gasteiger partial charge on any atom is -0.380 e. The molecule has 2 aromatic rings. The first kappa shape index (κ1) is 14.3. The third-order valence-electron chi connectivity index (χ3n) is 4.10. The van der Waals surface area contributed by atoms with E-state index in [1.54, 1.807) is 7.11 Å². The van der Waals surface area contributed by atoms with Crippen LogP contribution in [0.25, 0.3) is 0 Å². The number of hydrogen-bond donors (Lipinski definition) is 1. The molecule has 1 unspecified atom stereocenters. The molecule has 21 heavy (non-hydrogen) atoms. The van der Waals surface area contributed by atoms with Gasteiger partial charge in [0.15, 0.2) is 0 Å². The first-order valence-corrected chi connectivity index (χ1v) is 7.46. The molecule has 0 bridgehead atoms. The predicted octanol–water partition coefficient (Wildman–Crippen LogP) is 2.15. The molecule has 6 heteroatoms. The monoisotopic (exact) mass is 289 g/mol. The van der Waals surface area contributed by atoms with Crippen molar-refractivity contribution in [3.05, 3.63) is 36.2 Å². The van der Waals surface area contributed by atoms with Gasteiger partial charge in [-0.25, -0.2) is 4.98 Å². The van der Waals surface area contributed by atoms with Crippen molar-refractivity contribution in [1.29, 1.82) is 0 Å². The molecule has 0 radical (unpaired) electrons. The number of methoxy groups -OCH3 is 1. The Balaban J connectivity index is 1.75. The van der Waals surface area contributed by atoms with E-state index in [1.807, 2.05) is 23.3 Å². The molecule has 1 saturated heterocycles. The van der Waals surface area contributed by atoms with E-state index in [2.05, 4.69) is 40.0 Å². The lowest BCUT2D eigenvalue weighted by Gasteiger charge is -2.21. The fourth-order valence-electron chi connectivity index (χ4n) is 2.93. The van der Waals surface area contributed by atoms with Crippen LogP contribution < -0.4 is 0 Å². The first-order chi connectivity index (χ1) is 10.2. The largest absolute Gasteiger partial charge is 0.380 e. The molecule has 0 saturated carbocycles. The van der Waals surface area contributed by atoms with Gasteiger partial charge in [-0.1, -0.05) is 0 Å². The zero-order valence-electron chi connectivity index (χ0n) is 12.9. The summed E-state index contributed by atoms with van der Waals surface area (Å²) in [6.07, 6.45) is 9.01. The summed E-state index contributed by atoms with van der Waals surface area (Å²) >= 11 is 0. The topological polar surface area (TPSA) is 59.0 Å². The van der Waals surface area contributed by atoms with E-state index in [0.717, 1.165) is 25.3 Å². The van der Waals surface area contributed by atoms with Crippen molar-refractivity contribution >= 4 is 0 Å². The van der Waals surface area contributed by atoms with Crippen LogP contribution in [0.5, 0.6) is 0 Å². The van der Waals surface area contributed by atoms with Crippen LogP contribution in [0.15, 0.2) is 24.8 Å². The Morgan fingerprint density at radius 2 is 2.33 bits per heavy atom. The number of nitrogens with one attached hydrogen (secondary N) is 1. The fraction of sp³-hybridized carbons (Fsp3) is 0.600. The Hall–Kier alpha value is -1.66. The molecule has 0 aliphatic carbocycles. The summed E-state index contributed by atoms with van der Waals surface area (Å²) < 4.78 is 7.55. The van der Waals surface area contributed by atoms with E-state index in [-0.39, 0.29) is 12.1 Å². The second-order valence-corrected chi connectivity index (χ2v) is 5.94. The SMILES string of the molecule is CO[C@@H]1CC(c2ncc[nH]2)N(Cc2cnn(C(C)C)c2)C1. The van der Waals surface area contributed by atoms with E-state index in [4.69, 9.17) is 4.74 Å². The molecule has 1 fully saturated rings. The van der Waals surface area contributed by atoms with E-state index >= 15 is 0 Å². The van der Waals surface area contributed by atoms with Gasteiger partial charge in [0.1, 0.15) is 5.82 Å². The third kappa shape index (κ3) is 3.01. The summed E-state index contributed by atoms with van der Waals surface area (Å²) in [5, 5.41) is 4.42. The molecule has 3 rings (SSSR count). The van der Waals surface area contributed by atoms with Crippen molar-refractivity contribution < 1.29 is 4.74 Å². The molecule has 0 amide bonds. The lowest BCUT2D eigenvalue weighted by molar-refractivity contribution is 0.107. The minimum atomic E-state index is 0.264. The maximum absolute atomic E-state index is 5.55. The summed E-state index contributed by atoms with van der Waals surface area (Å²) in [5.41, 5.74) is 1.23. The van der Waals surface area contributed by atoms with Crippen molar-refractivity contribution in [2.75, 3.05) is 13.7 Å². The molecule has 6 nitrogen and oxygen atoms in total. The molecule has 1 N–H and O–H groups in total. The van der Waals surface area contributed by atoms with Gasteiger partial charge in [0.25, 0.3) is 0 Å². The highest BCUT2D eigenvalue weighted by Gasteiger charge is 2.34.